The highest BCUT2D eigenvalue weighted by Gasteiger charge is 2.19. The van der Waals surface area contributed by atoms with E-state index in [2.05, 4.69) is 41.0 Å². The molecule has 0 unspecified atom stereocenters. The molecular weight excluding hydrogens is 278 g/mol. The van der Waals surface area contributed by atoms with Gasteiger partial charge in [-0.05, 0) is 36.4 Å². The second-order valence-electron chi connectivity index (χ2n) is 5.34. The first-order valence-electron chi connectivity index (χ1n) is 7.21. The van der Waals surface area contributed by atoms with E-state index < -0.39 is 12.1 Å². The van der Waals surface area contributed by atoms with Gasteiger partial charge in [0.05, 0.1) is 6.04 Å². The third kappa shape index (κ3) is 3.83. The molecule has 2 N–H and O–H groups in total. The number of urea groups is 1. The molecular formula is C17H21N3O2. The van der Waals surface area contributed by atoms with Gasteiger partial charge < -0.3 is 5.32 Å². The van der Waals surface area contributed by atoms with E-state index in [4.69, 9.17) is 0 Å². The fourth-order valence-electron chi connectivity index (χ4n) is 2.24. The smallest absolute Gasteiger partial charge is 0.321 e. The number of fused-ring (bicyclic) bond motifs is 1. The number of carbonyl (C=O) groups is 2. The fourth-order valence-corrected chi connectivity index (χ4v) is 2.24. The van der Waals surface area contributed by atoms with E-state index in [-0.39, 0.29) is 5.91 Å². The lowest BCUT2D eigenvalue weighted by Gasteiger charge is -2.23. The molecule has 3 amide bonds. The van der Waals surface area contributed by atoms with Crippen molar-refractivity contribution in [1.82, 2.24) is 15.5 Å². The molecule has 0 spiro atoms. The molecule has 5 heteroatoms. The Labute approximate surface area is 130 Å². The van der Waals surface area contributed by atoms with Crippen LogP contribution in [-0.2, 0) is 11.3 Å². The molecule has 2 rings (SSSR count). The first-order valence-corrected chi connectivity index (χ1v) is 7.21. The van der Waals surface area contributed by atoms with Crippen molar-refractivity contribution >= 4 is 22.7 Å². The molecule has 2 aromatic rings. The summed E-state index contributed by atoms with van der Waals surface area (Å²) >= 11 is 0. The van der Waals surface area contributed by atoms with Crippen LogP contribution in [0.1, 0.15) is 12.5 Å². The Kier molecular flexibility index (Phi) is 5.12. The average Bonchev–Trinajstić information content (AvgIpc) is 2.53. The second kappa shape index (κ2) is 7.04. The van der Waals surface area contributed by atoms with Crippen LogP contribution >= 0.6 is 0 Å². The molecule has 0 aliphatic carbocycles. The van der Waals surface area contributed by atoms with Gasteiger partial charge in [-0.25, -0.2) is 4.79 Å². The van der Waals surface area contributed by atoms with Gasteiger partial charge in [0.2, 0.25) is 5.91 Å². The van der Waals surface area contributed by atoms with Gasteiger partial charge in [0, 0.05) is 13.6 Å². The Balaban J connectivity index is 2.04. The minimum Gasteiger partial charge on any atom is -0.341 e. The summed E-state index contributed by atoms with van der Waals surface area (Å²) in [5, 5.41) is 7.04. The van der Waals surface area contributed by atoms with E-state index in [0.717, 1.165) is 5.56 Å². The van der Waals surface area contributed by atoms with Gasteiger partial charge in [-0.3, -0.25) is 15.0 Å². The number of amides is 3. The molecule has 116 valence electrons. The quantitative estimate of drug-likeness (QED) is 0.909. The number of imide groups is 1. The highest BCUT2D eigenvalue weighted by Crippen LogP contribution is 2.17. The maximum atomic E-state index is 11.9. The van der Waals surface area contributed by atoms with Crippen LogP contribution in [0.4, 0.5) is 4.79 Å². The third-order valence-corrected chi connectivity index (χ3v) is 3.75. The number of benzene rings is 2. The Hall–Kier alpha value is -2.40. The number of rotatable bonds is 4. The van der Waals surface area contributed by atoms with Crippen molar-refractivity contribution in [3.05, 3.63) is 48.0 Å². The largest absolute Gasteiger partial charge is 0.341 e. The molecule has 0 aromatic heterocycles. The van der Waals surface area contributed by atoms with Gasteiger partial charge >= 0.3 is 6.03 Å². The zero-order valence-corrected chi connectivity index (χ0v) is 13.1. The molecule has 0 heterocycles. The SMILES string of the molecule is CNC(=O)NC(=O)[C@@H](C)N(C)Cc1ccc2ccccc2c1. The van der Waals surface area contributed by atoms with Gasteiger partial charge in [-0.15, -0.1) is 0 Å². The second-order valence-corrected chi connectivity index (χ2v) is 5.34. The van der Waals surface area contributed by atoms with E-state index >= 15 is 0 Å². The Bertz CT molecular complexity index is 684. The normalized spacial score (nSPS) is 12.2. The van der Waals surface area contributed by atoms with Crippen molar-refractivity contribution in [3.8, 4) is 0 Å². The summed E-state index contributed by atoms with van der Waals surface area (Å²) in [7, 11) is 3.34. The average molecular weight is 299 g/mol. The highest BCUT2D eigenvalue weighted by atomic mass is 16.2. The summed E-state index contributed by atoms with van der Waals surface area (Å²) in [6, 6.07) is 13.5. The van der Waals surface area contributed by atoms with Crippen molar-refractivity contribution in [2.75, 3.05) is 14.1 Å². The lowest BCUT2D eigenvalue weighted by molar-refractivity contribution is -0.124. The molecule has 22 heavy (non-hydrogen) atoms. The van der Waals surface area contributed by atoms with Crippen LogP contribution in [0.15, 0.2) is 42.5 Å². The van der Waals surface area contributed by atoms with Crippen LogP contribution < -0.4 is 10.6 Å². The third-order valence-electron chi connectivity index (χ3n) is 3.75. The van der Waals surface area contributed by atoms with Crippen molar-refractivity contribution in [3.63, 3.8) is 0 Å². The Morgan fingerprint density at radius 2 is 1.82 bits per heavy atom. The number of hydrogen-bond donors (Lipinski definition) is 2. The summed E-state index contributed by atoms with van der Waals surface area (Å²) in [6.07, 6.45) is 0. The fraction of sp³-hybridized carbons (Fsp3) is 0.294. The van der Waals surface area contributed by atoms with Gasteiger partial charge in [0.15, 0.2) is 0 Å². The molecule has 0 radical (unpaired) electrons. The van der Waals surface area contributed by atoms with Crippen LogP contribution in [-0.4, -0.2) is 37.0 Å². The monoisotopic (exact) mass is 299 g/mol. The van der Waals surface area contributed by atoms with Crippen molar-refractivity contribution in [2.24, 2.45) is 0 Å². The van der Waals surface area contributed by atoms with E-state index in [0.29, 0.717) is 6.54 Å². The lowest BCUT2D eigenvalue weighted by atomic mass is 10.1. The Morgan fingerprint density at radius 1 is 1.14 bits per heavy atom. The summed E-state index contributed by atoms with van der Waals surface area (Å²) < 4.78 is 0. The van der Waals surface area contributed by atoms with Crippen LogP contribution in [0.3, 0.4) is 0 Å². The molecule has 0 saturated heterocycles. The van der Waals surface area contributed by atoms with E-state index in [1.807, 2.05) is 24.1 Å². The molecule has 0 bridgehead atoms. The number of carbonyl (C=O) groups excluding carboxylic acids is 2. The summed E-state index contributed by atoms with van der Waals surface area (Å²) in [6.45, 7) is 2.41. The van der Waals surface area contributed by atoms with Crippen LogP contribution in [0.25, 0.3) is 10.8 Å². The number of nitrogens with zero attached hydrogens (tertiary/aromatic N) is 1. The first-order chi connectivity index (χ1) is 10.5. The van der Waals surface area contributed by atoms with E-state index in [1.54, 1.807) is 6.92 Å². The van der Waals surface area contributed by atoms with Crippen LogP contribution in [0.5, 0.6) is 0 Å². The summed E-state index contributed by atoms with van der Waals surface area (Å²) in [4.78, 5) is 25.0. The molecule has 0 fully saturated rings. The van der Waals surface area contributed by atoms with Gasteiger partial charge in [0.1, 0.15) is 0 Å². The topological polar surface area (TPSA) is 61.4 Å². The Morgan fingerprint density at radius 3 is 2.50 bits per heavy atom. The number of likely N-dealkylation sites (N-methyl/N-ethyl adjacent to an activating group) is 1. The lowest BCUT2D eigenvalue weighted by Crippen LogP contribution is -2.47. The molecule has 0 saturated carbocycles. The molecule has 2 aromatic carbocycles. The minimum absolute atomic E-state index is 0.317. The predicted molar refractivity (Wildman–Crippen MR) is 87.5 cm³/mol. The summed E-state index contributed by atoms with van der Waals surface area (Å²) in [5.74, 6) is -0.317. The van der Waals surface area contributed by atoms with E-state index in [9.17, 15) is 9.59 Å². The standard InChI is InChI=1S/C17H21N3O2/c1-12(16(21)19-17(22)18-2)20(3)11-13-8-9-14-6-4-5-7-15(14)10-13/h4-10,12H,11H2,1-3H3,(H2,18,19,21,22)/t12-/m1/s1. The van der Waals surface area contributed by atoms with Gasteiger partial charge in [-0.1, -0.05) is 36.4 Å². The highest BCUT2D eigenvalue weighted by molar-refractivity contribution is 5.96. The maximum absolute atomic E-state index is 11.9. The van der Waals surface area contributed by atoms with Crippen molar-refractivity contribution in [2.45, 2.75) is 19.5 Å². The van der Waals surface area contributed by atoms with Crippen molar-refractivity contribution < 1.29 is 9.59 Å². The van der Waals surface area contributed by atoms with Gasteiger partial charge in [0.25, 0.3) is 0 Å². The number of hydrogen-bond acceptors (Lipinski definition) is 3. The van der Waals surface area contributed by atoms with Gasteiger partial charge in [-0.2, -0.15) is 0 Å². The summed E-state index contributed by atoms with van der Waals surface area (Å²) in [5.41, 5.74) is 1.13. The molecule has 0 aliphatic rings. The first kappa shape index (κ1) is 16.0. The molecule has 5 nitrogen and oxygen atoms in total. The molecule has 0 aliphatic heterocycles. The number of nitrogens with one attached hydrogen (secondary N) is 2. The maximum Gasteiger partial charge on any atom is 0.321 e. The van der Waals surface area contributed by atoms with E-state index in [1.165, 1.54) is 17.8 Å². The van der Waals surface area contributed by atoms with Crippen LogP contribution in [0.2, 0.25) is 0 Å². The van der Waals surface area contributed by atoms with Crippen molar-refractivity contribution in [1.29, 1.82) is 0 Å². The minimum atomic E-state index is -0.490. The zero-order valence-electron chi connectivity index (χ0n) is 13.1. The predicted octanol–water partition coefficient (Wildman–Crippen LogP) is 2.12. The van der Waals surface area contributed by atoms with Crippen LogP contribution in [0, 0.1) is 0 Å². The molecule has 1 atom stereocenters. The zero-order chi connectivity index (χ0) is 16.1.